The Morgan fingerprint density at radius 1 is 0.840 bits per heavy atom. The minimum absolute atomic E-state index is 0.575. The molecule has 25 heavy (non-hydrogen) atoms. The van der Waals surface area contributed by atoms with Gasteiger partial charge in [0.05, 0.1) is 6.61 Å². The van der Waals surface area contributed by atoms with Crippen LogP contribution in [0.1, 0.15) is 45.2 Å². The van der Waals surface area contributed by atoms with E-state index in [9.17, 15) is 0 Å². The van der Waals surface area contributed by atoms with Crippen molar-refractivity contribution in [1.82, 2.24) is 4.90 Å². The summed E-state index contributed by atoms with van der Waals surface area (Å²) in [7, 11) is 0. The first kappa shape index (κ1) is 19.3. The highest BCUT2D eigenvalue weighted by Gasteiger charge is 2.12. The van der Waals surface area contributed by atoms with Crippen molar-refractivity contribution >= 4 is 12.2 Å². The van der Waals surface area contributed by atoms with Gasteiger partial charge in [0.15, 0.2) is 0 Å². The van der Waals surface area contributed by atoms with E-state index in [1.165, 1.54) is 5.56 Å². The Labute approximate surface area is 153 Å². The van der Waals surface area contributed by atoms with Crippen molar-refractivity contribution in [2.24, 2.45) is 0 Å². The first-order chi connectivity index (χ1) is 12.1. The second kappa shape index (κ2) is 10.0. The van der Waals surface area contributed by atoms with E-state index in [1.54, 1.807) is 0 Å². The average Bonchev–Trinajstić information content (AvgIpc) is 2.60. The van der Waals surface area contributed by atoms with E-state index in [-0.39, 0.29) is 0 Å². The number of rotatable bonds is 9. The third-order valence-corrected chi connectivity index (χ3v) is 4.28. The zero-order valence-corrected chi connectivity index (χ0v) is 16.0. The molecule has 0 spiro atoms. The van der Waals surface area contributed by atoms with Crippen LogP contribution in [-0.4, -0.2) is 30.1 Å². The molecule has 0 aliphatic heterocycles. The number of benzene rings is 2. The molecule has 0 saturated heterocycles. The Morgan fingerprint density at radius 2 is 1.48 bits per heavy atom. The number of nitrogens with zero attached hydrogens (tertiary/aromatic N) is 1. The van der Waals surface area contributed by atoms with E-state index in [0.29, 0.717) is 12.1 Å². The lowest BCUT2D eigenvalue weighted by atomic mass is 10.1. The van der Waals surface area contributed by atoms with Gasteiger partial charge in [-0.1, -0.05) is 54.6 Å². The molecular formula is C23H31NO. The van der Waals surface area contributed by atoms with Crippen LogP contribution >= 0.6 is 0 Å². The summed E-state index contributed by atoms with van der Waals surface area (Å²) in [6.45, 7) is 10.8. The second-order valence-corrected chi connectivity index (χ2v) is 6.94. The van der Waals surface area contributed by atoms with E-state index >= 15 is 0 Å². The fourth-order valence-electron chi connectivity index (χ4n) is 3.01. The van der Waals surface area contributed by atoms with Crippen LogP contribution in [0.15, 0.2) is 54.6 Å². The molecule has 2 rings (SSSR count). The van der Waals surface area contributed by atoms with E-state index in [4.69, 9.17) is 4.74 Å². The van der Waals surface area contributed by atoms with Crippen molar-refractivity contribution in [3.05, 3.63) is 65.7 Å². The molecule has 0 unspecified atom stereocenters. The summed E-state index contributed by atoms with van der Waals surface area (Å²) in [5, 5.41) is 0. The second-order valence-electron chi connectivity index (χ2n) is 6.94. The first-order valence-electron chi connectivity index (χ1n) is 9.28. The van der Waals surface area contributed by atoms with Crippen molar-refractivity contribution in [3.63, 3.8) is 0 Å². The molecular weight excluding hydrogens is 306 g/mol. The van der Waals surface area contributed by atoms with Crippen molar-refractivity contribution in [2.45, 2.75) is 46.2 Å². The molecule has 0 fully saturated rings. The lowest BCUT2D eigenvalue weighted by Crippen LogP contribution is -2.38. The summed E-state index contributed by atoms with van der Waals surface area (Å²) in [4.78, 5) is 2.50. The Balaban J connectivity index is 1.84. The maximum atomic E-state index is 5.95. The van der Waals surface area contributed by atoms with E-state index in [1.807, 2.05) is 12.1 Å². The third-order valence-electron chi connectivity index (χ3n) is 4.28. The predicted octanol–water partition coefficient (Wildman–Crippen LogP) is 5.74. The van der Waals surface area contributed by atoms with Gasteiger partial charge in [0.25, 0.3) is 0 Å². The van der Waals surface area contributed by atoms with E-state index < -0.39 is 0 Å². The SMILES string of the molecule is CC(C)N(CCCOc1cccc(C=Cc2ccccc2)c1)C(C)C. The van der Waals surface area contributed by atoms with Gasteiger partial charge in [-0.3, -0.25) is 4.90 Å². The van der Waals surface area contributed by atoms with Gasteiger partial charge in [0.1, 0.15) is 5.75 Å². The minimum Gasteiger partial charge on any atom is -0.494 e. The van der Waals surface area contributed by atoms with E-state index in [2.05, 4.69) is 87.2 Å². The molecule has 2 heteroatoms. The highest BCUT2D eigenvalue weighted by atomic mass is 16.5. The van der Waals surface area contributed by atoms with Crippen LogP contribution < -0.4 is 4.74 Å². The third kappa shape index (κ3) is 6.75. The van der Waals surface area contributed by atoms with Crippen molar-refractivity contribution < 1.29 is 4.74 Å². The molecule has 0 bridgehead atoms. The Hall–Kier alpha value is -2.06. The summed E-state index contributed by atoms with van der Waals surface area (Å²) in [6.07, 6.45) is 5.30. The summed E-state index contributed by atoms with van der Waals surface area (Å²) in [5.41, 5.74) is 2.36. The molecule has 0 radical (unpaired) electrons. The van der Waals surface area contributed by atoms with Crippen LogP contribution in [0.3, 0.4) is 0 Å². The zero-order chi connectivity index (χ0) is 18.1. The molecule has 2 aromatic carbocycles. The number of hydrogen-bond donors (Lipinski definition) is 0. The van der Waals surface area contributed by atoms with Gasteiger partial charge in [-0.2, -0.15) is 0 Å². The summed E-state index contributed by atoms with van der Waals surface area (Å²) >= 11 is 0. The highest BCUT2D eigenvalue weighted by molar-refractivity contribution is 5.70. The molecule has 0 aromatic heterocycles. The Morgan fingerprint density at radius 3 is 2.16 bits per heavy atom. The van der Waals surface area contributed by atoms with Gasteiger partial charge in [-0.25, -0.2) is 0 Å². The average molecular weight is 338 g/mol. The lowest BCUT2D eigenvalue weighted by molar-refractivity contribution is 0.160. The molecule has 0 heterocycles. The number of ether oxygens (including phenoxy) is 1. The molecule has 2 nitrogen and oxygen atoms in total. The van der Waals surface area contributed by atoms with Crippen LogP contribution in [0, 0.1) is 0 Å². The van der Waals surface area contributed by atoms with Crippen molar-refractivity contribution in [2.75, 3.05) is 13.2 Å². The van der Waals surface area contributed by atoms with Gasteiger partial charge in [-0.15, -0.1) is 0 Å². The fraction of sp³-hybridized carbons (Fsp3) is 0.391. The summed E-state index contributed by atoms with van der Waals surface area (Å²) < 4.78 is 5.95. The fourth-order valence-corrected chi connectivity index (χ4v) is 3.01. The van der Waals surface area contributed by atoms with Gasteiger partial charge in [-0.05, 0) is 57.4 Å². The maximum Gasteiger partial charge on any atom is 0.119 e. The van der Waals surface area contributed by atoms with Crippen molar-refractivity contribution in [1.29, 1.82) is 0 Å². The Kier molecular flexibility index (Phi) is 7.75. The zero-order valence-electron chi connectivity index (χ0n) is 16.0. The first-order valence-corrected chi connectivity index (χ1v) is 9.28. The lowest BCUT2D eigenvalue weighted by Gasteiger charge is -2.30. The van der Waals surface area contributed by atoms with Crippen LogP contribution in [-0.2, 0) is 0 Å². The smallest absolute Gasteiger partial charge is 0.119 e. The topological polar surface area (TPSA) is 12.5 Å². The van der Waals surface area contributed by atoms with Gasteiger partial charge < -0.3 is 4.74 Å². The summed E-state index contributed by atoms with van der Waals surface area (Å²) in [5.74, 6) is 0.941. The maximum absolute atomic E-state index is 5.95. The number of hydrogen-bond acceptors (Lipinski definition) is 2. The molecule has 0 aliphatic carbocycles. The van der Waals surface area contributed by atoms with Crippen LogP contribution in [0.5, 0.6) is 5.75 Å². The van der Waals surface area contributed by atoms with Crippen LogP contribution in [0.25, 0.3) is 12.2 Å². The van der Waals surface area contributed by atoms with Gasteiger partial charge >= 0.3 is 0 Å². The summed E-state index contributed by atoms with van der Waals surface area (Å²) in [6, 6.07) is 19.8. The van der Waals surface area contributed by atoms with E-state index in [0.717, 1.165) is 30.9 Å². The monoisotopic (exact) mass is 337 g/mol. The molecule has 0 atom stereocenters. The van der Waals surface area contributed by atoms with Gasteiger partial charge in [0.2, 0.25) is 0 Å². The highest BCUT2D eigenvalue weighted by Crippen LogP contribution is 2.16. The quantitative estimate of drug-likeness (QED) is 0.427. The predicted molar refractivity (Wildman–Crippen MR) is 109 cm³/mol. The minimum atomic E-state index is 0.575. The molecule has 134 valence electrons. The van der Waals surface area contributed by atoms with Crippen LogP contribution in [0.4, 0.5) is 0 Å². The molecule has 2 aromatic rings. The molecule has 0 amide bonds. The molecule has 0 aliphatic rings. The van der Waals surface area contributed by atoms with Gasteiger partial charge in [0, 0.05) is 18.6 Å². The normalized spacial score (nSPS) is 11.8. The van der Waals surface area contributed by atoms with Crippen LogP contribution in [0.2, 0.25) is 0 Å². The standard InChI is InChI=1S/C23H31NO/c1-19(2)24(20(3)4)16-9-17-25-23-13-8-12-22(18-23)15-14-21-10-6-5-7-11-21/h5-8,10-15,18-20H,9,16-17H2,1-4H3. The molecule has 0 N–H and O–H groups in total. The molecule has 0 saturated carbocycles. The van der Waals surface area contributed by atoms with Crippen molar-refractivity contribution in [3.8, 4) is 5.75 Å². The largest absolute Gasteiger partial charge is 0.494 e. The Bertz CT molecular complexity index is 638.